The first-order chi connectivity index (χ1) is 10.8. The molecule has 0 amide bonds. The smallest absolute Gasteiger partial charge is 0.236 e. The molecule has 22 heavy (non-hydrogen) atoms. The summed E-state index contributed by atoms with van der Waals surface area (Å²) in [5, 5.41) is 0. The summed E-state index contributed by atoms with van der Waals surface area (Å²) in [6.07, 6.45) is 12.4. The van der Waals surface area contributed by atoms with Crippen LogP contribution in [0.1, 0.15) is 32.6 Å². The number of aromatic nitrogens is 4. The summed E-state index contributed by atoms with van der Waals surface area (Å²) in [4.78, 5) is 18.3. The molecule has 4 rings (SSSR count). The van der Waals surface area contributed by atoms with Crippen LogP contribution < -0.4 is 9.80 Å². The monoisotopic (exact) mass is 298 g/mol. The standard InChI is InChI=1S/C16H22N6/c1-3-12-10-20(2)14-9-18-16(21-8-7-17-11-21)19-15(14)22(12)13-5-4-6-13/h7-9,11-13H,3-6,10H2,1-2H3/t12-/m1/s1. The van der Waals surface area contributed by atoms with Gasteiger partial charge in [0, 0.05) is 38.1 Å². The van der Waals surface area contributed by atoms with Crippen LogP contribution in [0.4, 0.5) is 11.5 Å². The molecule has 2 aliphatic rings. The number of imidazole rings is 1. The first-order valence-electron chi connectivity index (χ1n) is 8.12. The van der Waals surface area contributed by atoms with E-state index in [1.165, 1.54) is 19.3 Å². The molecule has 1 fully saturated rings. The maximum Gasteiger partial charge on any atom is 0.236 e. The fourth-order valence-corrected chi connectivity index (χ4v) is 3.46. The number of hydrogen-bond donors (Lipinski definition) is 0. The van der Waals surface area contributed by atoms with Gasteiger partial charge in [-0.3, -0.25) is 4.57 Å². The van der Waals surface area contributed by atoms with Gasteiger partial charge in [-0.05, 0) is 25.7 Å². The van der Waals surface area contributed by atoms with Crippen molar-refractivity contribution in [2.24, 2.45) is 0 Å². The molecule has 0 unspecified atom stereocenters. The molecule has 6 heteroatoms. The lowest BCUT2D eigenvalue weighted by atomic mass is 9.89. The van der Waals surface area contributed by atoms with Gasteiger partial charge in [-0.1, -0.05) is 6.92 Å². The van der Waals surface area contributed by atoms with Crippen LogP contribution in [-0.4, -0.2) is 45.2 Å². The van der Waals surface area contributed by atoms with Crippen molar-refractivity contribution in [2.75, 3.05) is 23.4 Å². The third kappa shape index (κ3) is 2.05. The summed E-state index contributed by atoms with van der Waals surface area (Å²) in [5.74, 6) is 1.79. The summed E-state index contributed by atoms with van der Waals surface area (Å²) in [5.41, 5.74) is 1.14. The van der Waals surface area contributed by atoms with Crippen molar-refractivity contribution in [3.63, 3.8) is 0 Å². The molecule has 0 radical (unpaired) electrons. The zero-order valence-corrected chi connectivity index (χ0v) is 13.2. The van der Waals surface area contributed by atoms with E-state index in [-0.39, 0.29) is 0 Å². The van der Waals surface area contributed by atoms with Crippen LogP contribution in [0.2, 0.25) is 0 Å². The molecule has 1 atom stereocenters. The Morgan fingerprint density at radius 2 is 2.18 bits per heavy atom. The van der Waals surface area contributed by atoms with Gasteiger partial charge in [0.15, 0.2) is 5.82 Å². The maximum atomic E-state index is 4.88. The van der Waals surface area contributed by atoms with Gasteiger partial charge >= 0.3 is 0 Å². The van der Waals surface area contributed by atoms with E-state index >= 15 is 0 Å². The molecule has 1 saturated carbocycles. The van der Waals surface area contributed by atoms with Gasteiger partial charge in [-0.2, -0.15) is 4.98 Å². The van der Waals surface area contributed by atoms with Gasteiger partial charge in [-0.25, -0.2) is 9.97 Å². The van der Waals surface area contributed by atoms with Crippen molar-refractivity contribution in [3.05, 3.63) is 24.9 Å². The van der Waals surface area contributed by atoms with Crippen molar-refractivity contribution < 1.29 is 0 Å². The van der Waals surface area contributed by atoms with Gasteiger partial charge in [0.05, 0.1) is 11.9 Å². The summed E-state index contributed by atoms with van der Waals surface area (Å²) in [7, 11) is 2.14. The first-order valence-corrected chi connectivity index (χ1v) is 8.12. The summed E-state index contributed by atoms with van der Waals surface area (Å²) in [6.45, 7) is 3.32. The zero-order chi connectivity index (χ0) is 15.1. The SMILES string of the molecule is CC[C@@H]1CN(C)c2cnc(-n3ccnc3)nc2N1C1CCC1. The molecule has 0 bridgehead atoms. The second-order valence-corrected chi connectivity index (χ2v) is 6.28. The average molecular weight is 298 g/mol. The number of likely N-dealkylation sites (N-methyl/N-ethyl adjacent to an activating group) is 1. The van der Waals surface area contributed by atoms with E-state index in [0.29, 0.717) is 18.0 Å². The number of fused-ring (bicyclic) bond motifs is 1. The first kappa shape index (κ1) is 13.5. The number of anilines is 2. The van der Waals surface area contributed by atoms with E-state index in [9.17, 15) is 0 Å². The second-order valence-electron chi connectivity index (χ2n) is 6.28. The lowest BCUT2D eigenvalue weighted by molar-refractivity contribution is 0.346. The quantitative estimate of drug-likeness (QED) is 0.870. The van der Waals surface area contributed by atoms with Crippen LogP contribution in [-0.2, 0) is 0 Å². The predicted molar refractivity (Wildman–Crippen MR) is 86.6 cm³/mol. The van der Waals surface area contributed by atoms with E-state index < -0.39 is 0 Å². The second kappa shape index (κ2) is 5.26. The Morgan fingerprint density at radius 3 is 2.82 bits per heavy atom. The Labute approximate surface area is 130 Å². The maximum absolute atomic E-state index is 4.88. The van der Waals surface area contributed by atoms with Crippen LogP contribution in [0.5, 0.6) is 0 Å². The number of rotatable bonds is 3. The molecule has 3 heterocycles. The number of nitrogens with zero attached hydrogens (tertiary/aromatic N) is 6. The van der Waals surface area contributed by atoms with Crippen LogP contribution in [0.25, 0.3) is 5.95 Å². The Kier molecular flexibility index (Phi) is 3.24. The van der Waals surface area contributed by atoms with Crippen molar-refractivity contribution in [3.8, 4) is 5.95 Å². The minimum absolute atomic E-state index is 0.535. The van der Waals surface area contributed by atoms with Gasteiger partial charge < -0.3 is 9.80 Å². The lowest BCUT2D eigenvalue weighted by Gasteiger charge is -2.48. The van der Waals surface area contributed by atoms with Crippen LogP contribution in [0.3, 0.4) is 0 Å². The largest absolute Gasteiger partial charge is 0.368 e. The predicted octanol–water partition coefficient (Wildman–Crippen LogP) is 2.25. The van der Waals surface area contributed by atoms with Crippen LogP contribution in [0, 0.1) is 0 Å². The minimum atomic E-state index is 0.535. The summed E-state index contributed by atoms with van der Waals surface area (Å²) < 4.78 is 1.87. The molecule has 0 saturated heterocycles. The molecule has 0 spiro atoms. The van der Waals surface area contributed by atoms with Gasteiger partial charge in [-0.15, -0.1) is 0 Å². The molecule has 0 aromatic carbocycles. The molecule has 2 aromatic heterocycles. The van der Waals surface area contributed by atoms with Crippen LogP contribution in [0.15, 0.2) is 24.9 Å². The molecule has 2 aromatic rings. The van der Waals surface area contributed by atoms with Crippen molar-refractivity contribution in [1.29, 1.82) is 0 Å². The van der Waals surface area contributed by atoms with E-state index in [0.717, 1.165) is 24.5 Å². The molecule has 6 nitrogen and oxygen atoms in total. The van der Waals surface area contributed by atoms with Crippen LogP contribution >= 0.6 is 0 Å². The summed E-state index contributed by atoms with van der Waals surface area (Å²) in [6, 6.07) is 1.18. The van der Waals surface area contributed by atoms with Crippen molar-refractivity contribution in [2.45, 2.75) is 44.7 Å². The Hall–Kier alpha value is -2.11. The van der Waals surface area contributed by atoms with Crippen molar-refractivity contribution >= 4 is 11.5 Å². The Bertz CT molecular complexity index is 649. The highest BCUT2D eigenvalue weighted by Crippen LogP contribution is 2.39. The fourth-order valence-electron chi connectivity index (χ4n) is 3.46. The summed E-state index contributed by atoms with van der Waals surface area (Å²) >= 11 is 0. The highest BCUT2D eigenvalue weighted by Gasteiger charge is 2.37. The highest BCUT2D eigenvalue weighted by atomic mass is 15.4. The molecular weight excluding hydrogens is 276 g/mol. The molecule has 1 aliphatic carbocycles. The van der Waals surface area contributed by atoms with E-state index in [1.54, 1.807) is 12.5 Å². The van der Waals surface area contributed by atoms with Gasteiger partial charge in [0.1, 0.15) is 6.33 Å². The molecule has 1 aliphatic heterocycles. The Morgan fingerprint density at radius 1 is 1.32 bits per heavy atom. The molecular formula is C16H22N6. The van der Waals surface area contributed by atoms with Crippen molar-refractivity contribution in [1.82, 2.24) is 19.5 Å². The third-order valence-corrected chi connectivity index (χ3v) is 4.95. The van der Waals surface area contributed by atoms with E-state index in [4.69, 9.17) is 4.98 Å². The molecule has 116 valence electrons. The fraction of sp³-hybridized carbons (Fsp3) is 0.562. The lowest BCUT2D eigenvalue weighted by Crippen LogP contribution is -2.54. The molecule has 0 N–H and O–H groups in total. The van der Waals surface area contributed by atoms with Gasteiger partial charge in [0.25, 0.3) is 0 Å². The normalized spacial score (nSPS) is 21.6. The highest BCUT2D eigenvalue weighted by molar-refractivity contribution is 5.70. The average Bonchev–Trinajstić information content (AvgIpc) is 3.01. The zero-order valence-electron chi connectivity index (χ0n) is 13.2. The van der Waals surface area contributed by atoms with E-state index in [2.05, 4.69) is 33.7 Å². The minimum Gasteiger partial charge on any atom is -0.368 e. The van der Waals surface area contributed by atoms with E-state index in [1.807, 2.05) is 17.0 Å². The third-order valence-electron chi connectivity index (χ3n) is 4.95. The Balaban J connectivity index is 1.80. The number of hydrogen-bond acceptors (Lipinski definition) is 5. The topological polar surface area (TPSA) is 50.1 Å². The van der Waals surface area contributed by atoms with Gasteiger partial charge in [0.2, 0.25) is 5.95 Å².